The van der Waals surface area contributed by atoms with E-state index in [0.29, 0.717) is 5.92 Å². The molecule has 1 heterocycles. The predicted molar refractivity (Wildman–Crippen MR) is 70.7 cm³/mol. The fourth-order valence-corrected chi connectivity index (χ4v) is 2.52. The van der Waals surface area contributed by atoms with E-state index in [1.165, 1.54) is 5.56 Å². The summed E-state index contributed by atoms with van der Waals surface area (Å²) in [6, 6.07) is 10.6. The third kappa shape index (κ3) is 3.08. The van der Waals surface area contributed by atoms with Gasteiger partial charge in [0.1, 0.15) is 0 Å². The summed E-state index contributed by atoms with van der Waals surface area (Å²) >= 11 is 0. The maximum atomic E-state index is 10.4. The molecule has 0 saturated carbocycles. The Balaban J connectivity index is 1.88. The van der Waals surface area contributed by atoms with Gasteiger partial charge in [-0.05, 0) is 24.3 Å². The summed E-state index contributed by atoms with van der Waals surface area (Å²) in [6.45, 7) is 7.25. The summed E-state index contributed by atoms with van der Waals surface area (Å²) in [5, 5.41) is 10.4. The third-order valence-corrected chi connectivity index (χ3v) is 4.05. The van der Waals surface area contributed by atoms with Gasteiger partial charge in [-0.25, -0.2) is 0 Å². The Morgan fingerprint density at radius 2 is 1.76 bits per heavy atom. The molecule has 1 aromatic carbocycles. The summed E-state index contributed by atoms with van der Waals surface area (Å²) in [6.07, 6.45) is 1.80. The smallest absolute Gasteiger partial charge is 0.0694 e. The van der Waals surface area contributed by atoms with Crippen molar-refractivity contribution in [3.63, 3.8) is 0 Å². The Hall–Kier alpha value is -0.860. The molecule has 1 aliphatic rings. The summed E-state index contributed by atoms with van der Waals surface area (Å²) < 4.78 is 0. The lowest BCUT2D eigenvalue weighted by Gasteiger charge is -2.40. The van der Waals surface area contributed by atoms with E-state index in [0.717, 1.165) is 32.5 Å². The van der Waals surface area contributed by atoms with Crippen molar-refractivity contribution in [3.8, 4) is 0 Å². The molecule has 0 amide bonds. The van der Waals surface area contributed by atoms with Gasteiger partial charge in [0.25, 0.3) is 0 Å². The molecule has 2 heteroatoms. The van der Waals surface area contributed by atoms with Crippen LogP contribution in [0.15, 0.2) is 30.3 Å². The van der Waals surface area contributed by atoms with Crippen molar-refractivity contribution in [1.82, 2.24) is 4.90 Å². The van der Waals surface area contributed by atoms with Crippen LogP contribution >= 0.6 is 0 Å². The zero-order valence-corrected chi connectivity index (χ0v) is 10.9. The van der Waals surface area contributed by atoms with Crippen LogP contribution in [0.5, 0.6) is 0 Å². The molecule has 0 atom stereocenters. The molecule has 0 radical (unpaired) electrons. The molecule has 1 N–H and O–H groups in total. The molecule has 0 unspecified atom stereocenters. The van der Waals surface area contributed by atoms with Crippen molar-refractivity contribution in [2.75, 3.05) is 13.1 Å². The van der Waals surface area contributed by atoms with Crippen LogP contribution in [-0.4, -0.2) is 28.7 Å². The molecule has 0 aromatic heterocycles. The molecule has 0 spiro atoms. The standard InChI is InChI=1S/C15H23NO/c1-13(2)15(17)8-10-16(11-9-15)12-14-6-4-3-5-7-14/h3-7,13,17H,8-12H2,1-2H3. The van der Waals surface area contributed by atoms with Gasteiger partial charge in [-0.3, -0.25) is 4.90 Å². The Labute approximate surface area is 104 Å². The van der Waals surface area contributed by atoms with Crippen molar-refractivity contribution in [2.45, 2.75) is 38.8 Å². The lowest BCUT2D eigenvalue weighted by Crippen LogP contribution is -2.47. The summed E-state index contributed by atoms with van der Waals surface area (Å²) in [5.41, 5.74) is 0.926. The molecule has 1 aromatic rings. The van der Waals surface area contributed by atoms with Gasteiger partial charge < -0.3 is 5.11 Å². The normalized spacial score (nSPS) is 20.7. The molecule has 0 bridgehead atoms. The van der Waals surface area contributed by atoms with Crippen LogP contribution in [0.3, 0.4) is 0 Å². The van der Waals surface area contributed by atoms with E-state index in [9.17, 15) is 5.11 Å². The first-order valence-corrected chi connectivity index (χ1v) is 6.59. The van der Waals surface area contributed by atoms with E-state index in [4.69, 9.17) is 0 Å². The second-order valence-corrected chi connectivity index (χ2v) is 5.52. The highest BCUT2D eigenvalue weighted by atomic mass is 16.3. The molecule has 1 aliphatic heterocycles. The Bertz CT molecular complexity index is 339. The Morgan fingerprint density at radius 1 is 1.18 bits per heavy atom. The quantitative estimate of drug-likeness (QED) is 0.867. The van der Waals surface area contributed by atoms with Crippen LogP contribution in [0.4, 0.5) is 0 Å². The SMILES string of the molecule is CC(C)C1(O)CCN(Cc2ccccc2)CC1. The highest BCUT2D eigenvalue weighted by Crippen LogP contribution is 2.29. The molecule has 94 valence electrons. The van der Waals surface area contributed by atoms with Crippen LogP contribution in [0.1, 0.15) is 32.3 Å². The van der Waals surface area contributed by atoms with E-state index >= 15 is 0 Å². The summed E-state index contributed by atoms with van der Waals surface area (Å²) in [7, 11) is 0. The van der Waals surface area contributed by atoms with Gasteiger partial charge in [-0.1, -0.05) is 44.2 Å². The zero-order valence-electron chi connectivity index (χ0n) is 10.9. The Morgan fingerprint density at radius 3 is 2.29 bits per heavy atom. The number of nitrogens with zero attached hydrogens (tertiary/aromatic N) is 1. The van der Waals surface area contributed by atoms with Crippen LogP contribution < -0.4 is 0 Å². The van der Waals surface area contributed by atoms with Crippen LogP contribution in [0, 0.1) is 5.92 Å². The predicted octanol–water partition coefficient (Wildman–Crippen LogP) is 2.67. The van der Waals surface area contributed by atoms with Crippen LogP contribution in [0.2, 0.25) is 0 Å². The minimum atomic E-state index is -0.437. The van der Waals surface area contributed by atoms with E-state index in [1.54, 1.807) is 0 Å². The van der Waals surface area contributed by atoms with Crippen molar-refractivity contribution in [2.24, 2.45) is 5.92 Å². The second kappa shape index (κ2) is 5.19. The number of rotatable bonds is 3. The molecule has 0 aliphatic carbocycles. The Kier molecular flexibility index (Phi) is 3.85. The zero-order chi connectivity index (χ0) is 12.3. The maximum Gasteiger partial charge on any atom is 0.0694 e. The first-order chi connectivity index (χ1) is 8.10. The van der Waals surface area contributed by atoms with E-state index in [-0.39, 0.29) is 0 Å². The van der Waals surface area contributed by atoms with Gasteiger partial charge in [0.05, 0.1) is 5.60 Å². The third-order valence-electron chi connectivity index (χ3n) is 4.05. The average molecular weight is 233 g/mol. The molecule has 2 nitrogen and oxygen atoms in total. The number of piperidine rings is 1. The second-order valence-electron chi connectivity index (χ2n) is 5.52. The van der Waals surface area contributed by atoms with Gasteiger partial charge in [-0.2, -0.15) is 0 Å². The monoisotopic (exact) mass is 233 g/mol. The molecular formula is C15H23NO. The highest BCUT2D eigenvalue weighted by Gasteiger charge is 2.34. The molecule has 1 fully saturated rings. The van der Waals surface area contributed by atoms with Gasteiger partial charge in [-0.15, -0.1) is 0 Å². The first kappa shape index (κ1) is 12.6. The summed E-state index contributed by atoms with van der Waals surface area (Å²) in [4.78, 5) is 2.44. The fraction of sp³-hybridized carbons (Fsp3) is 0.600. The number of hydrogen-bond acceptors (Lipinski definition) is 2. The minimum Gasteiger partial charge on any atom is -0.390 e. The number of aliphatic hydroxyl groups is 1. The van der Waals surface area contributed by atoms with E-state index in [1.807, 2.05) is 0 Å². The topological polar surface area (TPSA) is 23.5 Å². The largest absolute Gasteiger partial charge is 0.390 e. The van der Waals surface area contributed by atoms with Crippen LogP contribution in [-0.2, 0) is 6.54 Å². The lowest BCUT2D eigenvalue weighted by atomic mass is 9.81. The van der Waals surface area contributed by atoms with Crippen molar-refractivity contribution < 1.29 is 5.11 Å². The molecule has 2 rings (SSSR count). The van der Waals surface area contributed by atoms with Crippen molar-refractivity contribution in [1.29, 1.82) is 0 Å². The van der Waals surface area contributed by atoms with E-state index < -0.39 is 5.60 Å². The molecule has 1 saturated heterocycles. The minimum absolute atomic E-state index is 0.362. The van der Waals surface area contributed by atoms with Crippen LogP contribution in [0.25, 0.3) is 0 Å². The fourth-order valence-electron chi connectivity index (χ4n) is 2.52. The molecule has 17 heavy (non-hydrogen) atoms. The number of benzene rings is 1. The highest BCUT2D eigenvalue weighted by molar-refractivity contribution is 5.14. The summed E-state index contributed by atoms with van der Waals surface area (Å²) in [5.74, 6) is 0.362. The maximum absolute atomic E-state index is 10.4. The number of hydrogen-bond donors (Lipinski definition) is 1. The first-order valence-electron chi connectivity index (χ1n) is 6.59. The number of likely N-dealkylation sites (tertiary alicyclic amines) is 1. The van der Waals surface area contributed by atoms with Crippen molar-refractivity contribution >= 4 is 0 Å². The lowest BCUT2D eigenvalue weighted by molar-refractivity contribution is -0.0578. The average Bonchev–Trinajstić information content (AvgIpc) is 2.33. The van der Waals surface area contributed by atoms with E-state index in [2.05, 4.69) is 49.1 Å². The molecular weight excluding hydrogens is 210 g/mol. The van der Waals surface area contributed by atoms with Gasteiger partial charge >= 0.3 is 0 Å². The van der Waals surface area contributed by atoms with Crippen molar-refractivity contribution in [3.05, 3.63) is 35.9 Å². The van der Waals surface area contributed by atoms with Gasteiger partial charge in [0.2, 0.25) is 0 Å². The van der Waals surface area contributed by atoms with Gasteiger partial charge in [0.15, 0.2) is 0 Å². The van der Waals surface area contributed by atoms with Gasteiger partial charge in [0, 0.05) is 19.6 Å².